The zero-order valence-corrected chi connectivity index (χ0v) is 5.92. The largest absolute Gasteiger partial charge is 0.358 e. The Kier molecular flexibility index (Phi) is 4.10. The number of hydrogen-bond donors (Lipinski definition) is 0. The lowest BCUT2D eigenvalue weighted by Gasteiger charge is -2.05. The molecule has 0 aromatic heterocycles. The highest BCUT2D eigenvalue weighted by Gasteiger charge is 2.29. The van der Waals surface area contributed by atoms with Crippen molar-refractivity contribution in [2.75, 3.05) is 6.01 Å². The van der Waals surface area contributed by atoms with Gasteiger partial charge in [-0.15, -0.1) is 0 Å². The van der Waals surface area contributed by atoms with Crippen molar-refractivity contribution in [2.24, 2.45) is 0 Å². The van der Waals surface area contributed by atoms with Crippen molar-refractivity contribution in [3.8, 4) is 0 Å². The first kappa shape index (κ1) is 8.78. The van der Waals surface area contributed by atoms with E-state index in [9.17, 15) is 13.2 Å². The molecule has 0 heterocycles. The van der Waals surface area contributed by atoms with Crippen LogP contribution in [0.25, 0.3) is 0 Å². The Hall–Kier alpha value is 0.780. The van der Waals surface area contributed by atoms with Gasteiger partial charge in [-0.3, -0.25) is 0 Å². The van der Waals surface area contributed by atoms with Crippen LogP contribution in [0.4, 0.5) is 13.2 Å². The number of halogens is 4. The fraction of sp³-hybridized carbons (Fsp3) is 1.00. The van der Waals surface area contributed by atoms with Crippen LogP contribution in [0.1, 0.15) is 0 Å². The average Bonchev–Trinajstić information content (AvgIpc) is 1.67. The Labute approximate surface area is 57.7 Å². The van der Waals surface area contributed by atoms with E-state index in [-0.39, 0.29) is 22.7 Å². The van der Waals surface area contributed by atoms with Gasteiger partial charge < -0.3 is 0 Å². The quantitative estimate of drug-likeness (QED) is 0.616. The molecule has 0 saturated carbocycles. The minimum Gasteiger partial charge on any atom is -0.239 e. The van der Waals surface area contributed by atoms with Crippen LogP contribution in [0.3, 0.4) is 0 Å². The summed E-state index contributed by atoms with van der Waals surface area (Å²) in [5.74, 6) is 0. The standard InChI is InChI=1S/C2H2ClF3S2/c3-8-2(5,6)7-1-4/h1H2. The molecule has 8 heavy (non-hydrogen) atoms. The molecule has 0 saturated heterocycles. The Morgan fingerprint density at radius 2 is 2.00 bits per heavy atom. The lowest BCUT2D eigenvalue weighted by atomic mass is 11.6. The topological polar surface area (TPSA) is 0 Å². The number of thioether (sulfide) groups is 1. The Morgan fingerprint density at radius 1 is 1.50 bits per heavy atom. The zero-order chi connectivity index (χ0) is 6.62. The van der Waals surface area contributed by atoms with Gasteiger partial charge >= 0.3 is 4.59 Å². The molecule has 0 aromatic carbocycles. The summed E-state index contributed by atoms with van der Waals surface area (Å²) in [4.78, 5) is 0. The Morgan fingerprint density at radius 3 is 2.12 bits per heavy atom. The first-order chi connectivity index (χ1) is 3.62. The molecule has 0 rings (SSSR count). The van der Waals surface area contributed by atoms with E-state index in [0.29, 0.717) is 0 Å². The van der Waals surface area contributed by atoms with E-state index < -0.39 is 10.6 Å². The normalized spacial score (nSPS) is 12.0. The summed E-state index contributed by atoms with van der Waals surface area (Å²) in [5, 5.41) is 0. The highest BCUT2D eigenvalue weighted by molar-refractivity contribution is 8.30. The number of alkyl halides is 3. The molecule has 0 unspecified atom stereocenters. The van der Waals surface area contributed by atoms with Gasteiger partial charge in [0.05, 0.1) is 0 Å². The van der Waals surface area contributed by atoms with Gasteiger partial charge in [-0.2, -0.15) is 8.78 Å². The van der Waals surface area contributed by atoms with Crippen molar-refractivity contribution in [1.82, 2.24) is 0 Å². The maximum Gasteiger partial charge on any atom is 0.358 e. The van der Waals surface area contributed by atoms with Gasteiger partial charge in [-0.1, -0.05) is 0 Å². The van der Waals surface area contributed by atoms with Gasteiger partial charge in [0.15, 0.2) is 0 Å². The third kappa shape index (κ3) is 3.74. The highest BCUT2D eigenvalue weighted by atomic mass is 35.7. The van der Waals surface area contributed by atoms with Crippen molar-refractivity contribution < 1.29 is 13.2 Å². The van der Waals surface area contributed by atoms with Gasteiger partial charge in [-0.25, -0.2) is 4.39 Å². The van der Waals surface area contributed by atoms with Crippen LogP contribution in [0, 0.1) is 0 Å². The van der Waals surface area contributed by atoms with Crippen molar-refractivity contribution in [1.29, 1.82) is 0 Å². The smallest absolute Gasteiger partial charge is 0.239 e. The maximum atomic E-state index is 11.7. The lowest BCUT2D eigenvalue weighted by Crippen LogP contribution is -1.99. The molecule has 0 N–H and O–H groups in total. The predicted molar refractivity (Wildman–Crippen MR) is 32.0 cm³/mol. The van der Waals surface area contributed by atoms with Crippen molar-refractivity contribution >= 4 is 33.4 Å². The SMILES string of the molecule is FCSC(F)(F)SCl. The molecule has 0 aliphatic carbocycles. The van der Waals surface area contributed by atoms with Gasteiger partial charge in [0.25, 0.3) is 0 Å². The average molecular weight is 183 g/mol. The second kappa shape index (κ2) is 3.74. The van der Waals surface area contributed by atoms with E-state index in [1.54, 1.807) is 0 Å². The summed E-state index contributed by atoms with van der Waals surface area (Å²) in [6.07, 6.45) is 0. The van der Waals surface area contributed by atoms with E-state index in [1.165, 1.54) is 0 Å². The predicted octanol–water partition coefficient (Wildman–Crippen LogP) is 3.08. The minimum absolute atomic E-state index is 0.135. The fourth-order valence-electron chi connectivity index (χ4n) is 0.0858. The third-order valence-electron chi connectivity index (χ3n) is 0.312. The zero-order valence-electron chi connectivity index (χ0n) is 3.54. The molecule has 0 bridgehead atoms. The van der Waals surface area contributed by atoms with Crippen LogP contribution < -0.4 is 0 Å². The molecule has 0 spiro atoms. The number of rotatable bonds is 3. The second-order valence-corrected chi connectivity index (χ2v) is 3.20. The molecule has 0 aromatic rings. The van der Waals surface area contributed by atoms with E-state index in [2.05, 4.69) is 10.7 Å². The summed E-state index contributed by atoms with van der Waals surface area (Å²) in [5.41, 5.74) is 0. The molecule has 0 fully saturated rings. The van der Waals surface area contributed by atoms with E-state index in [1.807, 2.05) is 0 Å². The lowest BCUT2D eigenvalue weighted by molar-refractivity contribution is 0.213. The Bertz CT molecular complexity index is 68.3. The minimum atomic E-state index is -3.18. The molecule has 0 aliphatic heterocycles. The summed E-state index contributed by atoms with van der Waals surface area (Å²) in [7, 11) is 4.46. The number of hydrogen-bond acceptors (Lipinski definition) is 2. The van der Waals surface area contributed by atoms with Crippen LogP contribution in [-0.4, -0.2) is 10.6 Å². The van der Waals surface area contributed by atoms with E-state index >= 15 is 0 Å². The van der Waals surface area contributed by atoms with Crippen LogP contribution in [-0.2, 0) is 0 Å². The molecule has 0 atom stereocenters. The van der Waals surface area contributed by atoms with Gasteiger partial charge in [0.1, 0.15) is 6.01 Å². The van der Waals surface area contributed by atoms with Gasteiger partial charge in [0, 0.05) is 11.0 Å². The summed E-state index contributed by atoms with van der Waals surface area (Å²) in [6.45, 7) is 0. The Balaban J connectivity index is 3.37. The van der Waals surface area contributed by atoms with Crippen LogP contribution in [0.15, 0.2) is 0 Å². The van der Waals surface area contributed by atoms with E-state index in [4.69, 9.17) is 0 Å². The van der Waals surface area contributed by atoms with Crippen molar-refractivity contribution in [2.45, 2.75) is 4.59 Å². The molecule has 0 nitrogen and oxygen atoms in total. The third-order valence-corrected chi connectivity index (χ3v) is 2.40. The van der Waals surface area contributed by atoms with Crippen molar-refractivity contribution in [3.63, 3.8) is 0 Å². The molecule has 0 amide bonds. The molecule has 50 valence electrons. The first-order valence-electron chi connectivity index (χ1n) is 1.50. The monoisotopic (exact) mass is 182 g/mol. The second-order valence-electron chi connectivity index (χ2n) is 0.794. The van der Waals surface area contributed by atoms with E-state index in [0.717, 1.165) is 0 Å². The molecule has 0 aliphatic rings. The maximum absolute atomic E-state index is 11.7. The van der Waals surface area contributed by atoms with Crippen LogP contribution >= 0.6 is 33.4 Å². The van der Waals surface area contributed by atoms with Crippen molar-refractivity contribution in [3.05, 3.63) is 0 Å². The molecule has 6 heteroatoms. The van der Waals surface area contributed by atoms with Gasteiger partial charge in [0.2, 0.25) is 0 Å². The highest BCUT2D eigenvalue weighted by Crippen LogP contribution is 2.42. The molecule has 0 radical (unpaired) electrons. The molecular weight excluding hydrogens is 181 g/mol. The first-order valence-corrected chi connectivity index (χ1v) is 4.12. The summed E-state index contributed by atoms with van der Waals surface area (Å²) >= 11 is -0.135. The summed E-state index contributed by atoms with van der Waals surface area (Å²) < 4.78 is 31.3. The van der Waals surface area contributed by atoms with Crippen LogP contribution in [0.2, 0.25) is 0 Å². The fourth-order valence-corrected chi connectivity index (χ4v) is 0.926. The summed E-state index contributed by atoms with van der Waals surface area (Å²) in [6, 6.07) is -1.12. The van der Waals surface area contributed by atoms with Crippen LogP contribution in [0.5, 0.6) is 0 Å². The molecular formula is C2H2ClF3S2. The van der Waals surface area contributed by atoms with Gasteiger partial charge in [-0.05, 0) is 22.4 Å².